The summed E-state index contributed by atoms with van der Waals surface area (Å²) in [6.45, 7) is 6.83. The highest BCUT2D eigenvalue weighted by atomic mass is 16.5. The molecule has 2 N–H and O–H groups in total. The summed E-state index contributed by atoms with van der Waals surface area (Å²) in [5.74, 6) is 1.53. The predicted octanol–water partition coefficient (Wildman–Crippen LogP) is 3.77. The Morgan fingerprint density at radius 2 is 2.07 bits per heavy atom. The Morgan fingerprint density at radius 3 is 2.75 bits per heavy atom. The number of benzene rings is 1. The van der Waals surface area contributed by atoms with Crippen LogP contribution in [0.2, 0.25) is 0 Å². The molecule has 0 fully saturated rings. The molecule has 1 atom stereocenters. The van der Waals surface area contributed by atoms with Gasteiger partial charge in [-0.25, -0.2) is 9.97 Å². The topological polar surface area (TPSA) is 88.9 Å². The van der Waals surface area contributed by atoms with Crippen LogP contribution in [0.25, 0.3) is 33.1 Å². The number of fused-ring (bicyclic) bond motifs is 3. The zero-order chi connectivity index (χ0) is 19.5. The van der Waals surface area contributed by atoms with Gasteiger partial charge in [0.2, 0.25) is 0 Å². The van der Waals surface area contributed by atoms with E-state index in [9.17, 15) is 0 Å². The van der Waals surface area contributed by atoms with Crippen molar-refractivity contribution in [1.82, 2.24) is 25.4 Å². The number of nitrogens with zero attached hydrogens (tertiary/aromatic N) is 3. The lowest BCUT2D eigenvalue weighted by Crippen LogP contribution is -2.27. The highest BCUT2D eigenvalue weighted by Crippen LogP contribution is 2.41. The molecule has 3 aromatic heterocycles. The number of hydrogen-bond acceptors (Lipinski definition) is 6. The molecule has 4 heterocycles. The van der Waals surface area contributed by atoms with Gasteiger partial charge in [-0.1, -0.05) is 11.2 Å². The zero-order valence-corrected chi connectivity index (χ0v) is 16.3. The van der Waals surface area contributed by atoms with Crippen molar-refractivity contribution in [3.05, 3.63) is 47.9 Å². The average molecular weight is 375 g/mol. The molecule has 0 saturated carbocycles. The lowest BCUT2D eigenvalue weighted by Gasteiger charge is -2.21. The molecule has 0 saturated heterocycles. The molecule has 0 radical (unpaired) electrons. The van der Waals surface area contributed by atoms with E-state index < -0.39 is 0 Å². The molecule has 28 heavy (non-hydrogen) atoms. The first-order chi connectivity index (χ1) is 13.5. The van der Waals surface area contributed by atoms with E-state index in [0.717, 1.165) is 62.5 Å². The number of methoxy groups -OCH3 is 1. The summed E-state index contributed by atoms with van der Waals surface area (Å²) in [6, 6.07) is 4.13. The SMILES string of the molecule is COc1cc2c(cc1-c1c(C)noc1C)[nH]c1ncnc(C3(C)C=CNC3)c12. The van der Waals surface area contributed by atoms with Crippen LogP contribution in [0.15, 0.2) is 35.3 Å². The molecular formula is C21H21N5O2. The van der Waals surface area contributed by atoms with Crippen LogP contribution in [0.1, 0.15) is 24.1 Å². The minimum Gasteiger partial charge on any atom is -0.496 e. The second kappa shape index (κ2) is 5.82. The van der Waals surface area contributed by atoms with E-state index in [1.54, 1.807) is 13.4 Å². The number of rotatable bonds is 3. The molecule has 4 aromatic rings. The van der Waals surface area contributed by atoms with Gasteiger partial charge in [0.1, 0.15) is 23.5 Å². The number of aromatic nitrogens is 4. The van der Waals surface area contributed by atoms with Crippen molar-refractivity contribution in [2.45, 2.75) is 26.2 Å². The van der Waals surface area contributed by atoms with Gasteiger partial charge >= 0.3 is 0 Å². The fourth-order valence-electron chi connectivity index (χ4n) is 4.15. The fourth-order valence-corrected chi connectivity index (χ4v) is 4.15. The Labute approximate surface area is 161 Å². The Morgan fingerprint density at radius 1 is 1.21 bits per heavy atom. The fraction of sp³-hybridized carbons (Fsp3) is 0.286. The van der Waals surface area contributed by atoms with Crippen molar-refractivity contribution in [3.63, 3.8) is 0 Å². The summed E-state index contributed by atoms with van der Waals surface area (Å²) in [5, 5.41) is 9.44. The van der Waals surface area contributed by atoms with Crippen LogP contribution < -0.4 is 10.1 Å². The molecule has 5 rings (SSSR count). The highest BCUT2D eigenvalue weighted by molar-refractivity contribution is 6.09. The summed E-state index contributed by atoms with van der Waals surface area (Å²) in [5.41, 5.74) is 5.34. The highest BCUT2D eigenvalue weighted by Gasteiger charge is 2.31. The molecule has 0 bridgehead atoms. The molecule has 7 nitrogen and oxygen atoms in total. The van der Waals surface area contributed by atoms with Crippen LogP contribution in [0.4, 0.5) is 0 Å². The molecule has 0 aliphatic carbocycles. The number of aryl methyl sites for hydroxylation is 2. The third-order valence-electron chi connectivity index (χ3n) is 5.59. The quantitative estimate of drug-likeness (QED) is 0.567. The smallest absolute Gasteiger partial charge is 0.142 e. The summed E-state index contributed by atoms with van der Waals surface area (Å²) in [4.78, 5) is 12.6. The predicted molar refractivity (Wildman–Crippen MR) is 107 cm³/mol. The average Bonchev–Trinajstić information content (AvgIpc) is 3.38. The second-order valence-electron chi connectivity index (χ2n) is 7.50. The summed E-state index contributed by atoms with van der Waals surface area (Å²) < 4.78 is 11.1. The summed E-state index contributed by atoms with van der Waals surface area (Å²) in [6.07, 6.45) is 5.76. The van der Waals surface area contributed by atoms with E-state index in [2.05, 4.69) is 50.6 Å². The first kappa shape index (κ1) is 16.8. The van der Waals surface area contributed by atoms with E-state index >= 15 is 0 Å². The van der Waals surface area contributed by atoms with Gasteiger partial charge in [0.15, 0.2) is 0 Å². The van der Waals surface area contributed by atoms with Crippen molar-refractivity contribution >= 4 is 21.9 Å². The number of nitrogens with one attached hydrogen (secondary N) is 2. The molecule has 142 valence electrons. The van der Waals surface area contributed by atoms with Crippen LogP contribution in [0.5, 0.6) is 5.75 Å². The van der Waals surface area contributed by atoms with Gasteiger partial charge in [-0.15, -0.1) is 0 Å². The van der Waals surface area contributed by atoms with Crippen molar-refractivity contribution in [2.75, 3.05) is 13.7 Å². The third-order valence-corrected chi connectivity index (χ3v) is 5.59. The normalized spacial score (nSPS) is 18.9. The maximum Gasteiger partial charge on any atom is 0.142 e. The number of H-pyrrole nitrogens is 1. The van der Waals surface area contributed by atoms with Crippen molar-refractivity contribution in [1.29, 1.82) is 0 Å². The maximum atomic E-state index is 5.75. The van der Waals surface area contributed by atoms with E-state index in [1.807, 2.05) is 20.0 Å². The maximum absolute atomic E-state index is 5.75. The van der Waals surface area contributed by atoms with E-state index in [-0.39, 0.29) is 5.41 Å². The summed E-state index contributed by atoms with van der Waals surface area (Å²) >= 11 is 0. The second-order valence-corrected chi connectivity index (χ2v) is 7.50. The van der Waals surface area contributed by atoms with Crippen LogP contribution in [-0.4, -0.2) is 33.8 Å². The first-order valence-corrected chi connectivity index (χ1v) is 9.21. The van der Waals surface area contributed by atoms with Gasteiger partial charge in [-0.05, 0) is 39.1 Å². The third kappa shape index (κ3) is 2.25. The number of ether oxygens (including phenoxy) is 1. The Bertz CT molecular complexity index is 1230. The van der Waals surface area contributed by atoms with Crippen molar-refractivity contribution < 1.29 is 9.26 Å². The molecular weight excluding hydrogens is 354 g/mol. The first-order valence-electron chi connectivity index (χ1n) is 9.21. The van der Waals surface area contributed by atoms with Crippen LogP contribution in [0, 0.1) is 13.8 Å². The minimum absolute atomic E-state index is 0.191. The zero-order valence-electron chi connectivity index (χ0n) is 16.3. The van der Waals surface area contributed by atoms with Gasteiger partial charge in [0, 0.05) is 33.8 Å². The van der Waals surface area contributed by atoms with E-state index in [0.29, 0.717) is 0 Å². The minimum atomic E-state index is -0.191. The molecule has 0 amide bonds. The largest absolute Gasteiger partial charge is 0.496 e. The van der Waals surface area contributed by atoms with E-state index in [1.165, 1.54) is 0 Å². The van der Waals surface area contributed by atoms with Crippen LogP contribution in [-0.2, 0) is 5.41 Å². The lowest BCUT2D eigenvalue weighted by atomic mass is 9.86. The Balaban J connectivity index is 1.84. The Kier molecular flexibility index (Phi) is 3.49. The van der Waals surface area contributed by atoms with Gasteiger partial charge in [0.05, 0.1) is 24.1 Å². The van der Waals surface area contributed by atoms with Crippen LogP contribution >= 0.6 is 0 Å². The standard InChI is InChI=1S/C21H21N5O2/c1-11-17(12(2)28-26-11)14-7-15-13(8-16(14)27-4)18-19(21(3)5-6-22-9-21)23-10-24-20(18)25-15/h5-8,10,22H,9H2,1-4H3,(H,23,24,25). The molecule has 1 aliphatic rings. The molecule has 1 unspecified atom stereocenters. The molecule has 1 aromatic carbocycles. The van der Waals surface area contributed by atoms with Crippen LogP contribution in [0.3, 0.4) is 0 Å². The Hall–Kier alpha value is -3.35. The van der Waals surface area contributed by atoms with Crippen molar-refractivity contribution in [2.24, 2.45) is 0 Å². The lowest BCUT2D eigenvalue weighted by molar-refractivity contribution is 0.393. The van der Waals surface area contributed by atoms with Gasteiger partial charge < -0.3 is 19.6 Å². The van der Waals surface area contributed by atoms with Gasteiger partial charge in [0.25, 0.3) is 0 Å². The molecule has 1 aliphatic heterocycles. The van der Waals surface area contributed by atoms with E-state index in [4.69, 9.17) is 9.26 Å². The molecule has 0 spiro atoms. The van der Waals surface area contributed by atoms with Crippen molar-refractivity contribution in [3.8, 4) is 16.9 Å². The number of hydrogen-bond donors (Lipinski definition) is 2. The summed E-state index contributed by atoms with van der Waals surface area (Å²) in [7, 11) is 1.68. The molecule has 7 heteroatoms. The monoisotopic (exact) mass is 375 g/mol. The van der Waals surface area contributed by atoms with Gasteiger partial charge in [-0.3, -0.25) is 0 Å². The number of aromatic amines is 1. The van der Waals surface area contributed by atoms with Gasteiger partial charge in [-0.2, -0.15) is 0 Å².